The average molecular weight is 431 g/mol. The van der Waals surface area contributed by atoms with Gasteiger partial charge in [0, 0.05) is 24.0 Å². The molecule has 0 saturated heterocycles. The normalized spacial score (nSPS) is 11.9. The highest BCUT2D eigenvalue weighted by Gasteiger charge is 2.03. The van der Waals surface area contributed by atoms with E-state index in [1.54, 1.807) is 24.3 Å². The molecule has 4 nitrogen and oxygen atoms in total. The smallest absolute Gasteiger partial charge is 0.101 e. The van der Waals surface area contributed by atoms with Crippen molar-refractivity contribution in [2.24, 2.45) is 5.92 Å². The van der Waals surface area contributed by atoms with E-state index in [9.17, 15) is 0 Å². The summed E-state index contributed by atoms with van der Waals surface area (Å²) in [6.45, 7) is 9.50. The van der Waals surface area contributed by atoms with Gasteiger partial charge in [-0.05, 0) is 55.7 Å². The highest BCUT2D eigenvalue weighted by atomic mass is 35.5. The topological polar surface area (TPSA) is 71.6 Å². The third kappa shape index (κ3) is 8.65. The Morgan fingerprint density at radius 2 is 1.38 bits per heavy atom. The molecule has 2 aromatic carbocycles. The molecular formula is C23H28Cl2N4. The summed E-state index contributed by atoms with van der Waals surface area (Å²) >= 11 is 11.8. The van der Waals surface area contributed by atoms with Crippen LogP contribution in [0.15, 0.2) is 36.4 Å². The molecule has 0 radical (unpaired) electrons. The number of halogens is 2. The lowest BCUT2D eigenvalue weighted by Gasteiger charge is -2.13. The number of hydrogen-bond acceptors (Lipinski definition) is 4. The molecule has 0 amide bonds. The Kier molecular flexibility index (Phi) is 11.0. The predicted octanol–water partition coefficient (Wildman–Crippen LogP) is 7.09. The second-order valence-corrected chi connectivity index (χ2v) is 7.78. The van der Waals surface area contributed by atoms with E-state index >= 15 is 0 Å². The minimum absolute atomic E-state index is 0.416. The SMILES string of the molecule is CC[C@@H](C)CNc1ccc(C#N)c(Cl)c1.CC[C@@H](C)Nc1ccc(C#N)c(Cl)c1. The van der Waals surface area contributed by atoms with Crippen LogP contribution in [0, 0.1) is 28.6 Å². The Labute approximate surface area is 184 Å². The molecule has 154 valence electrons. The lowest BCUT2D eigenvalue weighted by atomic mass is 10.1. The van der Waals surface area contributed by atoms with E-state index in [-0.39, 0.29) is 0 Å². The molecule has 0 aliphatic heterocycles. The van der Waals surface area contributed by atoms with Gasteiger partial charge in [-0.25, -0.2) is 0 Å². The van der Waals surface area contributed by atoms with E-state index in [1.807, 2.05) is 24.3 Å². The Morgan fingerprint density at radius 3 is 1.83 bits per heavy atom. The fraction of sp³-hybridized carbons (Fsp3) is 0.391. The van der Waals surface area contributed by atoms with Crippen LogP contribution < -0.4 is 10.6 Å². The van der Waals surface area contributed by atoms with E-state index in [2.05, 4.69) is 38.3 Å². The molecule has 0 aromatic heterocycles. The molecular weight excluding hydrogens is 403 g/mol. The van der Waals surface area contributed by atoms with Gasteiger partial charge in [0.2, 0.25) is 0 Å². The summed E-state index contributed by atoms with van der Waals surface area (Å²) in [6, 6.07) is 15.3. The largest absolute Gasteiger partial charge is 0.385 e. The molecule has 0 unspecified atom stereocenters. The summed E-state index contributed by atoms with van der Waals surface area (Å²) in [6.07, 6.45) is 2.20. The molecule has 29 heavy (non-hydrogen) atoms. The van der Waals surface area contributed by atoms with Gasteiger partial charge in [0.05, 0.1) is 21.2 Å². The second kappa shape index (κ2) is 12.9. The van der Waals surface area contributed by atoms with Crippen molar-refractivity contribution in [1.82, 2.24) is 0 Å². The number of hydrogen-bond donors (Lipinski definition) is 2. The van der Waals surface area contributed by atoms with Crippen LogP contribution in [-0.2, 0) is 0 Å². The van der Waals surface area contributed by atoms with Gasteiger partial charge >= 0.3 is 0 Å². The Morgan fingerprint density at radius 1 is 0.862 bits per heavy atom. The number of nitrogens with one attached hydrogen (secondary N) is 2. The fourth-order valence-corrected chi connectivity index (χ4v) is 2.68. The standard InChI is InChI=1S/C12H15ClN2.C11H13ClN2/c1-3-9(2)8-15-11-5-4-10(7-14)12(13)6-11;1-3-8(2)14-10-5-4-9(7-13)11(12)6-10/h4-6,9,15H,3,8H2,1-2H3;4-6,8,14H,3H2,1-2H3/t9-;8-/m11/s1. The van der Waals surface area contributed by atoms with Gasteiger partial charge in [-0.3, -0.25) is 0 Å². The monoisotopic (exact) mass is 430 g/mol. The van der Waals surface area contributed by atoms with Crippen LogP contribution in [0.4, 0.5) is 11.4 Å². The summed E-state index contributed by atoms with van der Waals surface area (Å²) < 4.78 is 0. The van der Waals surface area contributed by atoms with Gasteiger partial charge in [-0.15, -0.1) is 0 Å². The van der Waals surface area contributed by atoms with E-state index in [0.717, 1.165) is 30.8 Å². The fourth-order valence-electron chi connectivity index (χ4n) is 2.23. The molecule has 2 atom stereocenters. The third-order valence-electron chi connectivity index (χ3n) is 4.56. The molecule has 2 N–H and O–H groups in total. The van der Waals surface area contributed by atoms with Crippen LogP contribution in [0.5, 0.6) is 0 Å². The number of rotatable bonds is 7. The molecule has 0 saturated carbocycles. The van der Waals surface area contributed by atoms with Crippen molar-refractivity contribution >= 4 is 34.6 Å². The van der Waals surface area contributed by atoms with Crippen molar-refractivity contribution in [3.8, 4) is 12.1 Å². The van der Waals surface area contributed by atoms with Crippen molar-refractivity contribution in [2.75, 3.05) is 17.2 Å². The van der Waals surface area contributed by atoms with Crippen LogP contribution in [0.2, 0.25) is 10.0 Å². The molecule has 0 heterocycles. The first kappa shape index (κ1) is 24.6. The summed E-state index contributed by atoms with van der Waals surface area (Å²) in [7, 11) is 0. The average Bonchev–Trinajstić information content (AvgIpc) is 2.72. The van der Waals surface area contributed by atoms with E-state index < -0.39 is 0 Å². The van der Waals surface area contributed by atoms with Crippen molar-refractivity contribution in [3.63, 3.8) is 0 Å². The van der Waals surface area contributed by atoms with E-state index in [1.165, 1.54) is 0 Å². The first-order valence-corrected chi connectivity index (χ1v) is 10.5. The molecule has 0 fully saturated rings. The first-order valence-electron chi connectivity index (χ1n) is 9.74. The molecule has 6 heteroatoms. The Balaban J connectivity index is 0.000000291. The van der Waals surface area contributed by atoms with Gasteiger partial charge in [0.25, 0.3) is 0 Å². The van der Waals surface area contributed by atoms with Gasteiger partial charge in [0.1, 0.15) is 12.1 Å². The van der Waals surface area contributed by atoms with Gasteiger partial charge < -0.3 is 10.6 Å². The van der Waals surface area contributed by atoms with Crippen LogP contribution in [0.3, 0.4) is 0 Å². The van der Waals surface area contributed by atoms with E-state index in [0.29, 0.717) is 33.1 Å². The minimum Gasteiger partial charge on any atom is -0.385 e. The zero-order valence-electron chi connectivity index (χ0n) is 17.4. The van der Waals surface area contributed by atoms with Crippen molar-refractivity contribution in [2.45, 2.75) is 46.6 Å². The van der Waals surface area contributed by atoms with E-state index in [4.69, 9.17) is 33.7 Å². The van der Waals surface area contributed by atoms with Gasteiger partial charge in [-0.1, -0.05) is 50.4 Å². The van der Waals surface area contributed by atoms with Gasteiger partial charge in [0.15, 0.2) is 0 Å². The molecule has 0 bridgehead atoms. The Bertz CT molecular complexity index is 868. The summed E-state index contributed by atoms with van der Waals surface area (Å²) in [5.41, 5.74) is 2.97. The molecule has 2 aromatic rings. The highest BCUT2D eigenvalue weighted by Crippen LogP contribution is 2.21. The lowest BCUT2D eigenvalue weighted by molar-refractivity contribution is 0.593. The van der Waals surface area contributed by atoms with Gasteiger partial charge in [-0.2, -0.15) is 10.5 Å². The van der Waals surface area contributed by atoms with Crippen molar-refractivity contribution in [3.05, 3.63) is 57.6 Å². The lowest BCUT2D eigenvalue weighted by Crippen LogP contribution is -2.13. The van der Waals surface area contributed by atoms with Crippen molar-refractivity contribution in [1.29, 1.82) is 10.5 Å². The molecule has 0 aliphatic rings. The second-order valence-electron chi connectivity index (χ2n) is 6.96. The predicted molar refractivity (Wildman–Crippen MR) is 124 cm³/mol. The highest BCUT2D eigenvalue weighted by molar-refractivity contribution is 6.32. The van der Waals surface area contributed by atoms with Crippen LogP contribution in [0.1, 0.15) is 51.7 Å². The van der Waals surface area contributed by atoms with Crippen LogP contribution in [0.25, 0.3) is 0 Å². The number of nitrogens with zero attached hydrogens (tertiary/aromatic N) is 2. The first-order chi connectivity index (χ1) is 13.8. The third-order valence-corrected chi connectivity index (χ3v) is 5.18. The summed E-state index contributed by atoms with van der Waals surface area (Å²) in [5, 5.41) is 25.0. The number of nitriles is 2. The molecule has 0 aliphatic carbocycles. The maximum absolute atomic E-state index is 8.71. The zero-order chi connectivity index (χ0) is 21.8. The summed E-state index contributed by atoms with van der Waals surface area (Å²) in [4.78, 5) is 0. The molecule has 0 spiro atoms. The van der Waals surface area contributed by atoms with Crippen LogP contribution in [-0.4, -0.2) is 12.6 Å². The minimum atomic E-state index is 0.416. The quantitative estimate of drug-likeness (QED) is 0.491. The maximum Gasteiger partial charge on any atom is 0.101 e. The van der Waals surface area contributed by atoms with Crippen LogP contribution >= 0.6 is 23.2 Å². The number of anilines is 2. The summed E-state index contributed by atoms with van der Waals surface area (Å²) in [5.74, 6) is 0.638. The Hall–Kier alpha value is -2.40. The maximum atomic E-state index is 8.71. The number of benzene rings is 2. The zero-order valence-corrected chi connectivity index (χ0v) is 18.9. The van der Waals surface area contributed by atoms with Crippen molar-refractivity contribution < 1.29 is 0 Å². The molecule has 2 rings (SSSR count).